The fourth-order valence-electron chi connectivity index (χ4n) is 5.56. The number of anilines is 1. The average molecular weight is 438 g/mol. The number of nitrogens with two attached hydrogens (primary N) is 1. The highest BCUT2D eigenvalue weighted by molar-refractivity contribution is 5.95. The number of morpholine rings is 1. The summed E-state index contributed by atoms with van der Waals surface area (Å²) in [5.74, 6) is 0.0628. The fourth-order valence-corrected chi connectivity index (χ4v) is 5.56. The predicted molar refractivity (Wildman–Crippen MR) is 128 cm³/mol. The van der Waals surface area contributed by atoms with Crippen LogP contribution in [0.15, 0.2) is 48.5 Å². The molecule has 2 aromatic rings. The van der Waals surface area contributed by atoms with Crippen molar-refractivity contribution in [3.05, 3.63) is 65.2 Å². The van der Waals surface area contributed by atoms with Gasteiger partial charge in [0.25, 0.3) is 5.91 Å². The third-order valence-corrected chi connectivity index (χ3v) is 7.49. The number of quaternary nitrogens is 2. The van der Waals surface area contributed by atoms with Gasteiger partial charge in [0.15, 0.2) is 6.04 Å². The van der Waals surface area contributed by atoms with E-state index in [1.807, 2.05) is 18.2 Å². The van der Waals surface area contributed by atoms with Crippen LogP contribution >= 0.6 is 0 Å². The first-order chi connectivity index (χ1) is 15.6. The molecule has 2 aliphatic rings. The second kappa shape index (κ2) is 10.6. The number of carbonyl (C=O) groups excluding carboxylic acids is 1. The lowest BCUT2D eigenvalue weighted by Crippen LogP contribution is -3.25. The van der Waals surface area contributed by atoms with Gasteiger partial charge >= 0.3 is 0 Å². The van der Waals surface area contributed by atoms with Crippen molar-refractivity contribution in [1.82, 2.24) is 0 Å². The molecule has 1 aliphatic carbocycles. The number of hydrogen-bond acceptors (Lipinski definition) is 2. The highest BCUT2D eigenvalue weighted by atomic mass is 16.5. The van der Waals surface area contributed by atoms with E-state index in [1.165, 1.54) is 32.1 Å². The summed E-state index contributed by atoms with van der Waals surface area (Å²) in [7, 11) is 0. The summed E-state index contributed by atoms with van der Waals surface area (Å²) in [6.45, 7) is 8.96. The van der Waals surface area contributed by atoms with E-state index < -0.39 is 0 Å². The zero-order valence-electron chi connectivity index (χ0n) is 19.7. The van der Waals surface area contributed by atoms with Crippen LogP contribution in [0.2, 0.25) is 0 Å². The van der Waals surface area contributed by atoms with Crippen LogP contribution in [-0.4, -0.2) is 44.3 Å². The Hall–Kier alpha value is -2.21. The molecule has 1 amide bonds. The fraction of sp³-hybridized carbons (Fsp3) is 0.519. The van der Waals surface area contributed by atoms with Gasteiger partial charge in [-0.1, -0.05) is 48.9 Å². The minimum atomic E-state index is -0.254. The molecule has 0 bridgehead atoms. The highest BCUT2D eigenvalue weighted by Gasteiger charge is 2.45. The summed E-state index contributed by atoms with van der Waals surface area (Å²) in [5, 5.41) is 5.54. The smallest absolute Gasteiger partial charge is 0.287 e. The highest BCUT2D eigenvalue weighted by Crippen LogP contribution is 2.25. The molecule has 2 aromatic carbocycles. The van der Waals surface area contributed by atoms with Crippen LogP contribution < -0.4 is 15.5 Å². The second-order valence-electron chi connectivity index (χ2n) is 9.69. The molecule has 4 N–H and O–H groups in total. The van der Waals surface area contributed by atoms with Gasteiger partial charge < -0.3 is 20.3 Å². The van der Waals surface area contributed by atoms with Gasteiger partial charge in [0, 0.05) is 24.1 Å². The molecular weight excluding hydrogens is 398 g/mol. The summed E-state index contributed by atoms with van der Waals surface area (Å²) in [5.41, 5.74) is 4.48. The molecule has 0 aromatic heterocycles. The molecule has 1 heterocycles. The summed E-state index contributed by atoms with van der Waals surface area (Å²) in [6.07, 6.45) is 6.42. The van der Waals surface area contributed by atoms with Crippen LogP contribution in [0.5, 0.6) is 0 Å². The zero-order valence-corrected chi connectivity index (χ0v) is 19.7. The van der Waals surface area contributed by atoms with E-state index in [0.717, 1.165) is 55.2 Å². The Morgan fingerprint density at radius 3 is 2.50 bits per heavy atom. The van der Waals surface area contributed by atoms with Crippen molar-refractivity contribution < 1.29 is 19.7 Å². The number of carbonyl (C=O) groups is 1. The molecule has 4 rings (SSSR count). The van der Waals surface area contributed by atoms with Gasteiger partial charge in [-0.3, -0.25) is 4.79 Å². The van der Waals surface area contributed by atoms with Gasteiger partial charge in [-0.15, -0.1) is 0 Å². The molecule has 1 saturated carbocycles. The molecule has 32 heavy (non-hydrogen) atoms. The second-order valence-corrected chi connectivity index (χ2v) is 9.69. The van der Waals surface area contributed by atoms with Crippen LogP contribution in [0.25, 0.3) is 0 Å². The number of benzene rings is 2. The normalized spacial score (nSPS) is 19.9. The first-order valence-electron chi connectivity index (χ1n) is 12.3. The number of ether oxygens (including phenoxy) is 1. The summed E-state index contributed by atoms with van der Waals surface area (Å²) >= 11 is 0. The van der Waals surface area contributed by atoms with E-state index in [2.05, 4.69) is 54.8 Å². The standard InChI is InChI=1S/C27H37N3O2/c1-21-11-12-22(2)24(19-21)29-26(31)25(23-9-5-3-6-10-23)28-20-27(13-7-4-8-14-27)30-15-17-32-18-16-30/h3,5-6,9-12,19,25,28H,4,7-8,13-18,20H2,1-2H3,(H,29,31)/p+2/t25-/m0/s1. The Morgan fingerprint density at radius 2 is 1.78 bits per heavy atom. The van der Waals surface area contributed by atoms with Gasteiger partial charge in [-0.2, -0.15) is 0 Å². The third kappa shape index (κ3) is 5.40. The lowest BCUT2D eigenvalue weighted by atomic mass is 9.79. The molecule has 1 saturated heterocycles. The molecular formula is C27H39N3O2+2. The summed E-state index contributed by atoms with van der Waals surface area (Å²) in [4.78, 5) is 15.2. The SMILES string of the molecule is Cc1ccc(C)c(NC(=O)[C@@H]([NH2+]CC2([NH+]3CCOCC3)CCCCC2)c2ccccc2)c1. The van der Waals surface area contributed by atoms with Crippen LogP contribution in [0.3, 0.4) is 0 Å². The lowest BCUT2D eigenvalue weighted by molar-refractivity contribution is -0.975. The maximum atomic E-state index is 13.6. The van der Waals surface area contributed by atoms with E-state index in [0.29, 0.717) is 0 Å². The average Bonchev–Trinajstić information content (AvgIpc) is 2.83. The third-order valence-electron chi connectivity index (χ3n) is 7.49. The molecule has 1 atom stereocenters. The minimum Gasteiger partial charge on any atom is -0.370 e. The molecule has 1 aliphatic heterocycles. The van der Waals surface area contributed by atoms with Gasteiger partial charge in [0.05, 0.1) is 13.2 Å². The molecule has 0 radical (unpaired) electrons. The summed E-state index contributed by atoms with van der Waals surface area (Å²) in [6, 6.07) is 16.2. The van der Waals surface area contributed by atoms with Gasteiger partial charge in [0.2, 0.25) is 0 Å². The zero-order chi connectivity index (χ0) is 22.4. The molecule has 5 heteroatoms. The summed E-state index contributed by atoms with van der Waals surface area (Å²) < 4.78 is 5.66. The van der Waals surface area contributed by atoms with Crippen LogP contribution in [-0.2, 0) is 9.53 Å². The quantitative estimate of drug-likeness (QED) is 0.622. The molecule has 172 valence electrons. The van der Waals surface area contributed by atoms with Crippen molar-refractivity contribution in [2.75, 3.05) is 38.2 Å². The van der Waals surface area contributed by atoms with E-state index in [9.17, 15) is 4.79 Å². The van der Waals surface area contributed by atoms with E-state index in [-0.39, 0.29) is 17.5 Å². The van der Waals surface area contributed by atoms with Crippen LogP contribution in [0, 0.1) is 13.8 Å². The van der Waals surface area contributed by atoms with Gasteiger partial charge in [0.1, 0.15) is 25.2 Å². The lowest BCUT2D eigenvalue weighted by Gasteiger charge is -2.44. The largest absolute Gasteiger partial charge is 0.370 e. The van der Waals surface area contributed by atoms with Gasteiger partial charge in [-0.05, 0) is 43.9 Å². The van der Waals surface area contributed by atoms with Crippen molar-refractivity contribution in [1.29, 1.82) is 0 Å². The van der Waals surface area contributed by atoms with E-state index >= 15 is 0 Å². The van der Waals surface area contributed by atoms with E-state index in [1.54, 1.807) is 4.90 Å². The van der Waals surface area contributed by atoms with Crippen LogP contribution in [0.1, 0.15) is 54.8 Å². The number of aryl methyl sites for hydroxylation is 2. The Labute approximate surface area is 192 Å². The van der Waals surface area contributed by atoms with Crippen molar-refractivity contribution in [2.24, 2.45) is 0 Å². The monoisotopic (exact) mass is 437 g/mol. The van der Waals surface area contributed by atoms with E-state index in [4.69, 9.17) is 4.74 Å². The maximum absolute atomic E-state index is 13.6. The molecule has 2 fully saturated rings. The Bertz CT molecular complexity index is 887. The first-order valence-corrected chi connectivity index (χ1v) is 12.3. The number of hydrogen-bond donors (Lipinski definition) is 3. The number of amides is 1. The first kappa shape index (κ1) is 23.0. The van der Waals surface area contributed by atoms with Crippen molar-refractivity contribution in [3.8, 4) is 0 Å². The van der Waals surface area contributed by atoms with Crippen molar-refractivity contribution in [2.45, 2.75) is 57.5 Å². The van der Waals surface area contributed by atoms with Crippen LogP contribution in [0.4, 0.5) is 5.69 Å². The van der Waals surface area contributed by atoms with Crippen molar-refractivity contribution >= 4 is 11.6 Å². The maximum Gasteiger partial charge on any atom is 0.287 e. The molecule has 0 unspecified atom stereocenters. The Morgan fingerprint density at radius 1 is 1.06 bits per heavy atom. The minimum absolute atomic E-state index is 0.0628. The van der Waals surface area contributed by atoms with Gasteiger partial charge in [-0.25, -0.2) is 0 Å². The number of nitrogens with one attached hydrogen (secondary N) is 2. The molecule has 0 spiro atoms. The number of rotatable bonds is 7. The molecule has 5 nitrogen and oxygen atoms in total. The Balaban J connectivity index is 1.55. The predicted octanol–water partition coefficient (Wildman–Crippen LogP) is 2.16. The topological polar surface area (TPSA) is 59.4 Å². The van der Waals surface area contributed by atoms with Crippen molar-refractivity contribution in [3.63, 3.8) is 0 Å². The Kier molecular flexibility index (Phi) is 7.61.